The van der Waals surface area contributed by atoms with Gasteiger partial charge in [-0.25, -0.2) is 0 Å². The summed E-state index contributed by atoms with van der Waals surface area (Å²) in [6, 6.07) is -0.446. The van der Waals surface area contributed by atoms with E-state index in [1.165, 1.54) is 0 Å². The first-order valence-corrected chi connectivity index (χ1v) is 4.45. The molecule has 0 saturated heterocycles. The highest BCUT2D eigenvalue weighted by atomic mass is 32.1. The monoisotopic (exact) mass is 176 g/mol. The Labute approximate surface area is 73.3 Å². The van der Waals surface area contributed by atoms with E-state index in [0.29, 0.717) is 5.75 Å². The van der Waals surface area contributed by atoms with Crippen molar-refractivity contribution in [1.29, 1.82) is 0 Å². The van der Waals surface area contributed by atoms with Gasteiger partial charge in [0.1, 0.15) is 0 Å². The summed E-state index contributed by atoms with van der Waals surface area (Å²) >= 11 is 3.95. The number of carbonyl (C=O) groups excluding carboxylic acids is 1. The topological polar surface area (TPSA) is 46.3 Å². The molecule has 1 amide bonds. The first-order chi connectivity index (χ1) is 5.17. The van der Waals surface area contributed by atoms with Crippen LogP contribution in [0.5, 0.6) is 0 Å². The minimum Gasteiger partial charge on any atom is -0.342 e. The molecule has 11 heavy (non-hydrogen) atoms. The molecule has 4 heteroatoms. The van der Waals surface area contributed by atoms with Gasteiger partial charge in [0.25, 0.3) is 0 Å². The summed E-state index contributed by atoms with van der Waals surface area (Å²) in [5.41, 5.74) is 5.50. The van der Waals surface area contributed by atoms with Gasteiger partial charge in [-0.05, 0) is 13.8 Å². The number of thiol groups is 1. The second-order valence-electron chi connectivity index (χ2n) is 2.30. The molecule has 66 valence electrons. The average molecular weight is 176 g/mol. The fourth-order valence-corrected chi connectivity index (χ4v) is 1.00. The zero-order chi connectivity index (χ0) is 8.85. The van der Waals surface area contributed by atoms with Crippen molar-refractivity contribution >= 4 is 18.5 Å². The third-order valence-electron chi connectivity index (χ3n) is 1.59. The van der Waals surface area contributed by atoms with Gasteiger partial charge in [-0.1, -0.05) is 0 Å². The van der Waals surface area contributed by atoms with E-state index in [4.69, 9.17) is 5.73 Å². The standard InChI is InChI=1S/C7H16N2OS/c1-3-9(4-2)7(10)6(8)5-11/h6,11H,3-5,8H2,1-2H3/t6-/m0/s1. The molecular formula is C7H16N2OS. The molecule has 0 radical (unpaired) electrons. The summed E-state index contributed by atoms with van der Waals surface area (Å²) in [7, 11) is 0. The normalized spacial score (nSPS) is 12.7. The van der Waals surface area contributed by atoms with Crippen LogP contribution in [0.2, 0.25) is 0 Å². The van der Waals surface area contributed by atoms with E-state index in [-0.39, 0.29) is 5.91 Å². The van der Waals surface area contributed by atoms with Crippen LogP contribution in [0.25, 0.3) is 0 Å². The Kier molecular flexibility index (Phi) is 5.32. The molecular weight excluding hydrogens is 160 g/mol. The number of hydrogen-bond acceptors (Lipinski definition) is 3. The van der Waals surface area contributed by atoms with Gasteiger partial charge in [-0.2, -0.15) is 12.6 Å². The predicted molar refractivity (Wildman–Crippen MR) is 49.8 cm³/mol. The van der Waals surface area contributed by atoms with Crippen LogP contribution < -0.4 is 5.73 Å². The van der Waals surface area contributed by atoms with Crippen molar-refractivity contribution < 1.29 is 4.79 Å². The van der Waals surface area contributed by atoms with Gasteiger partial charge in [0, 0.05) is 18.8 Å². The lowest BCUT2D eigenvalue weighted by Gasteiger charge is -2.21. The summed E-state index contributed by atoms with van der Waals surface area (Å²) in [4.78, 5) is 13.0. The molecule has 0 aliphatic heterocycles. The first-order valence-electron chi connectivity index (χ1n) is 3.82. The predicted octanol–water partition coefficient (Wildman–Crippen LogP) is 0.112. The molecule has 0 heterocycles. The molecule has 0 bridgehead atoms. The number of amides is 1. The fraction of sp³-hybridized carbons (Fsp3) is 0.857. The van der Waals surface area contributed by atoms with E-state index in [1.54, 1.807) is 4.90 Å². The van der Waals surface area contributed by atoms with Crippen molar-refractivity contribution in [2.24, 2.45) is 5.73 Å². The summed E-state index contributed by atoms with van der Waals surface area (Å²) in [6.45, 7) is 5.31. The first kappa shape index (κ1) is 10.8. The average Bonchev–Trinajstić information content (AvgIpc) is 2.05. The number of hydrogen-bond donors (Lipinski definition) is 2. The maximum Gasteiger partial charge on any atom is 0.240 e. The van der Waals surface area contributed by atoms with Gasteiger partial charge >= 0.3 is 0 Å². The highest BCUT2D eigenvalue weighted by molar-refractivity contribution is 7.80. The van der Waals surface area contributed by atoms with Crippen molar-refractivity contribution in [3.63, 3.8) is 0 Å². The second-order valence-corrected chi connectivity index (χ2v) is 2.66. The molecule has 2 N–H and O–H groups in total. The van der Waals surface area contributed by atoms with E-state index in [9.17, 15) is 4.79 Å². The lowest BCUT2D eigenvalue weighted by molar-refractivity contribution is -0.131. The van der Waals surface area contributed by atoms with Crippen LogP contribution in [0.1, 0.15) is 13.8 Å². The van der Waals surface area contributed by atoms with Gasteiger partial charge < -0.3 is 10.6 Å². The Morgan fingerprint density at radius 2 is 2.00 bits per heavy atom. The number of likely N-dealkylation sites (N-methyl/N-ethyl adjacent to an activating group) is 1. The minimum absolute atomic E-state index is 0.00926. The molecule has 0 spiro atoms. The molecule has 0 aromatic rings. The molecule has 0 aliphatic rings. The second kappa shape index (κ2) is 5.43. The van der Waals surface area contributed by atoms with Crippen LogP contribution in [-0.2, 0) is 4.79 Å². The quantitative estimate of drug-likeness (QED) is 0.597. The van der Waals surface area contributed by atoms with Crippen LogP contribution in [0.15, 0.2) is 0 Å². The van der Waals surface area contributed by atoms with Gasteiger partial charge in [-0.3, -0.25) is 4.79 Å². The maximum absolute atomic E-state index is 11.3. The molecule has 3 nitrogen and oxygen atoms in total. The fourth-order valence-electron chi connectivity index (χ4n) is 0.848. The Morgan fingerprint density at radius 3 is 2.27 bits per heavy atom. The van der Waals surface area contributed by atoms with E-state index in [1.807, 2.05) is 13.8 Å². The number of nitrogens with two attached hydrogens (primary N) is 1. The zero-order valence-electron chi connectivity index (χ0n) is 7.08. The molecule has 0 aromatic carbocycles. The van der Waals surface area contributed by atoms with Crippen LogP contribution in [0.4, 0.5) is 0 Å². The van der Waals surface area contributed by atoms with Crippen molar-refractivity contribution in [3.05, 3.63) is 0 Å². The van der Waals surface area contributed by atoms with Crippen molar-refractivity contribution in [3.8, 4) is 0 Å². The third kappa shape index (κ3) is 3.12. The molecule has 0 rings (SSSR count). The van der Waals surface area contributed by atoms with Crippen molar-refractivity contribution in [1.82, 2.24) is 4.90 Å². The van der Waals surface area contributed by atoms with Crippen molar-refractivity contribution in [2.75, 3.05) is 18.8 Å². The van der Waals surface area contributed by atoms with E-state index < -0.39 is 6.04 Å². The molecule has 0 fully saturated rings. The van der Waals surface area contributed by atoms with Crippen LogP contribution in [0, 0.1) is 0 Å². The van der Waals surface area contributed by atoms with Gasteiger partial charge in [0.05, 0.1) is 6.04 Å². The van der Waals surface area contributed by atoms with E-state index in [0.717, 1.165) is 13.1 Å². The molecule has 0 saturated carbocycles. The molecule has 0 aliphatic carbocycles. The van der Waals surface area contributed by atoms with Crippen LogP contribution >= 0.6 is 12.6 Å². The van der Waals surface area contributed by atoms with E-state index in [2.05, 4.69) is 12.6 Å². The highest BCUT2D eigenvalue weighted by Gasteiger charge is 2.16. The number of carbonyl (C=O) groups is 1. The number of rotatable bonds is 4. The van der Waals surface area contributed by atoms with Gasteiger partial charge in [0.2, 0.25) is 5.91 Å². The number of nitrogens with zero attached hydrogens (tertiary/aromatic N) is 1. The molecule has 1 atom stereocenters. The molecule has 0 unspecified atom stereocenters. The SMILES string of the molecule is CCN(CC)C(=O)[C@@H](N)CS. The van der Waals surface area contributed by atoms with Crippen molar-refractivity contribution in [2.45, 2.75) is 19.9 Å². The van der Waals surface area contributed by atoms with Gasteiger partial charge in [0.15, 0.2) is 0 Å². The zero-order valence-corrected chi connectivity index (χ0v) is 7.97. The Bertz CT molecular complexity index is 126. The molecule has 0 aromatic heterocycles. The van der Waals surface area contributed by atoms with E-state index >= 15 is 0 Å². The summed E-state index contributed by atoms with van der Waals surface area (Å²) in [5.74, 6) is 0.403. The lowest BCUT2D eigenvalue weighted by Crippen LogP contribution is -2.44. The summed E-state index contributed by atoms with van der Waals surface area (Å²) < 4.78 is 0. The lowest BCUT2D eigenvalue weighted by atomic mass is 10.3. The largest absolute Gasteiger partial charge is 0.342 e. The third-order valence-corrected chi connectivity index (χ3v) is 1.98. The minimum atomic E-state index is -0.446. The maximum atomic E-state index is 11.3. The summed E-state index contributed by atoms with van der Waals surface area (Å²) in [5, 5.41) is 0. The smallest absolute Gasteiger partial charge is 0.240 e. The Balaban J connectivity index is 3.97. The summed E-state index contributed by atoms with van der Waals surface area (Å²) in [6.07, 6.45) is 0. The van der Waals surface area contributed by atoms with Crippen LogP contribution in [-0.4, -0.2) is 35.7 Å². The Hall–Kier alpha value is -0.220. The highest BCUT2D eigenvalue weighted by Crippen LogP contribution is 1.94. The van der Waals surface area contributed by atoms with Gasteiger partial charge in [-0.15, -0.1) is 0 Å². The Morgan fingerprint density at radius 1 is 1.55 bits per heavy atom. The van der Waals surface area contributed by atoms with Crippen LogP contribution in [0.3, 0.4) is 0 Å².